The number of allylic oxidation sites excluding steroid dienone is 1. The molecule has 0 saturated carbocycles. The van der Waals surface area contributed by atoms with E-state index in [1.807, 2.05) is 6.07 Å². The van der Waals surface area contributed by atoms with Crippen LogP contribution in [0.4, 0.5) is 11.4 Å². The van der Waals surface area contributed by atoms with Gasteiger partial charge in [-0.05, 0) is 114 Å². The second kappa shape index (κ2) is 11.7. The van der Waals surface area contributed by atoms with Crippen molar-refractivity contribution in [2.75, 3.05) is 4.90 Å². The Labute approximate surface area is 308 Å². The zero-order chi connectivity index (χ0) is 35.0. The van der Waals surface area contributed by atoms with E-state index in [4.69, 9.17) is 4.42 Å². The molecule has 1 atom stereocenters. The lowest BCUT2D eigenvalue weighted by Gasteiger charge is -2.31. The van der Waals surface area contributed by atoms with Crippen LogP contribution in [0.25, 0.3) is 77.0 Å². The Kier molecular flexibility index (Phi) is 6.66. The lowest BCUT2D eigenvalue weighted by atomic mass is 9.81. The van der Waals surface area contributed by atoms with Gasteiger partial charge in [-0.1, -0.05) is 128 Å². The molecule has 1 aliphatic heterocycles. The maximum atomic E-state index is 6.46. The average Bonchev–Trinajstić information content (AvgIpc) is 3.61. The summed E-state index contributed by atoms with van der Waals surface area (Å²) < 4.78 is 6.46. The van der Waals surface area contributed by atoms with Crippen molar-refractivity contribution in [2.24, 2.45) is 0 Å². The molecule has 252 valence electrons. The summed E-state index contributed by atoms with van der Waals surface area (Å²) in [6.45, 7) is 3.01. The molecule has 3 nitrogen and oxygen atoms in total. The Hall–Kier alpha value is -6.58. The Morgan fingerprint density at radius 2 is 1.26 bits per heavy atom. The summed E-state index contributed by atoms with van der Waals surface area (Å²) >= 11 is 0. The van der Waals surface area contributed by atoms with E-state index >= 15 is 0 Å². The lowest BCUT2D eigenvalue weighted by Crippen LogP contribution is -2.23. The first-order valence-corrected chi connectivity index (χ1v) is 18.6. The van der Waals surface area contributed by atoms with Gasteiger partial charge in [-0.2, -0.15) is 0 Å². The highest BCUT2D eigenvalue weighted by Crippen LogP contribution is 2.46. The molecule has 2 heterocycles. The SMILES string of the molecule is CC1CC=Cc2c1c1ccccc1c1ccc(N(C3=CNCc4oc5ccccc5c43)c3ccc(-c4cc5ccccc5c5ccccc45)cc3)cc21. The number of rotatable bonds is 4. The predicted molar refractivity (Wildman–Crippen MR) is 224 cm³/mol. The van der Waals surface area contributed by atoms with E-state index in [-0.39, 0.29) is 0 Å². The summed E-state index contributed by atoms with van der Waals surface area (Å²) in [5.74, 6) is 1.40. The number of furan rings is 1. The zero-order valence-corrected chi connectivity index (χ0v) is 29.4. The normalized spacial score (nSPS) is 15.1. The van der Waals surface area contributed by atoms with Gasteiger partial charge in [-0.3, -0.25) is 0 Å². The third kappa shape index (κ3) is 4.60. The molecular weight excluding hydrogens is 645 g/mol. The third-order valence-electron chi connectivity index (χ3n) is 11.5. The number of fused-ring (bicyclic) bond motifs is 12. The first-order chi connectivity index (χ1) is 26.2. The molecule has 0 fully saturated rings. The highest BCUT2D eigenvalue weighted by molar-refractivity contribution is 6.15. The summed E-state index contributed by atoms with van der Waals surface area (Å²) in [6.07, 6.45) is 7.92. The van der Waals surface area contributed by atoms with Crippen LogP contribution in [0.2, 0.25) is 0 Å². The van der Waals surface area contributed by atoms with Crippen molar-refractivity contribution in [1.82, 2.24) is 5.32 Å². The summed E-state index contributed by atoms with van der Waals surface area (Å²) in [7, 11) is 0. The third-order valence-corrected chi connectivity index (χ3v) is 11.5. The van der Waals surface area contributed by atoms with Crippen LogP contribution in [0.3, 0.4) is 0 Å². The monoisotopic (exact) mass is 680 g/mol. The van der Waals surface area contributed by atoms with Gasteiger partial charge < -0.3 is 14.6 Å². The maximum Gasteiger partial charge on any atom is 0.135 e. The molecule has 0 bridgehead atoms. The van der Waals surface area contributed by atoms with Gasteiger partial charge in [0, 0.05) is 23.0 Å². The molecule has 0 saturated heterocycles. The average molecular weight is 681 g/mol. The van der Waals surface area contributed by atoms with Gasteiger partial charge in [0.2, 0.25) is 0 Å². The molecule has 11 rings (SSSR count). The summed E-state index contributed by atoms with van der Waals surface area (Å²) in [5.41, 5.74) is 10.5. The first kappa shape index (κ1) is 30.1. The van der Waals surface area contributed by atoms with Crippen molar-refractivity contribution >= 4 is 77.2 Å². The van der Waals surface area contributed by atoms with Gasteiger partial charge in [0.15, 0.2) is 0 Å². The van der Waals surface area contributed by atoms with E-state index in [9.17, 15) is 0 Å². The predicted octanol–water partition coefficient (Wildman–Crippen LogP) is 13.5. The molecule has 53 heavy (non-hydrogen) atoms. The molecule has 3 heteroatoms. The van der Waals surface area contributed by atoms with E-state index in [1.54, 1.807) is 0 Å². The first-order valence-electron chi connectivity index (χ1n) is 18.6. The van der Waals surface area contributed by atoms with Gasteiger partial charge in [0.1, 0.15) is 11.3 Å². The van der Waals surface area contributed by atoms with Crippen LogP contribution < -0.4 is 10.2 Å². The number of nitrogens with zero attached hydrogens (tertiary/aromatic N) is 1. The quantitative estimate of drug-likeness (QED) is 0.188. The fourth-order valence-corrected chi connectivity index (χ4v) is 9.09. The van der Waals surface area contributed by atoms with Crippen LogP contribution in [0, 0.1) is 0 Å². The molecule has 8 aromatic carbocycles. The highest BCUT2D eigenvalue weighted by atomic mass is 16.3. The number of hydrogen-bond donors (Lipinski definition) is 1. The lowest BCUT2D eigenvalue weighted by molar-refractivity contribution is 0.531. The van der Waals surface area contributed by atoms with Crippen LogP contribution in [-0.4, -0.2) is 0 Å². The summed E-state index contributed by atoms with van der Waals surface area (Å²) in [4.78, 5) is 2.41. The standard InChI is InChI=1S/C50H36N2O/c1-31-11-10-19-42-45-28-35(25-26-40(45)38-15-6-7-17-41(38)49(31)42)52(46-29-51-30-48-50(46)43-18-8-9-20-47(43)53-48)34-23-21-32(22-24-34)44-27-33-12-2-3-13-36(33)37-14-4-5-16-39(37)44/h2-10,12-29,31,51H,11,30H2,1H3. The van der Waals surface area contributed by atoms with Gasteiger partial charge in [-0.25, -0.2) is 0 Å². The van der Waals surface area contributed by atoms with Crippen molar-refractivity contribution < 1.29 is 4.42 Å². The number of para-hydroxylation sites is 1. The minimum absolute atomic E-state index is 0.452. The highest BCUT2D eigenvalue weighted by Gasteiger charge is 2.28. The van der Waals surface area contributed by atoms with Gasteiger partial charge in [0.05, 0.1) is 17.8 Å². The second-order valence-electron chi connectivity index (χ2n) is 14.5. The van der Waals surface area contributed by atoms with Crippen molar-refractivity contribution in [2.45, 2.75) is 25.8 Å². The second-order valence-corrected chi connectivity index (χ2v) is 14.5. The van der Waals surface area contributed by atoms with Crippen molar-refractivity contribution in [3.63, 3.8) is 0 Å². The molecule has 2 aliphatic rings. The van der Waals surface area contributed by atoms with Crippen LogP contribution >= 0.6 is 0 Å². The zero-order valence-electron chi connectivity index (χ0n) is 29.4. The molecule has 9 aromatic rings. The molecule has 1 aromatic heterocycles. The van der Waals surface area contributed by atoms with Gasteiger partial charge in [-0.15, -0.1) is 0 Å². The minimum Gasteiger partial charge on any atom is -0.458 e. The van der Waals surface area contributed by atoms with Crippen LogP contribution in [0.5, 0.6) is 0 Å². The maximum absolute atomic E-state index is 6.46. The molecule has 0 radical (unpaired) electrons. The molecule has 0 spiro atoms. The molecule has 1 unspecified atom stereocenters. The Bertz CT molecular complexity index is 3000. The Balaban J connectivity index is 1.13. The van der Waals surface area contributed by atoms with Gasteiger partial charge in [0.25, 0.3) is 0 Å². The van der Waals surface area contributed by atoms with E-state index in [2.05, 4.69) is 175 Å². The summed E-state index contributed by atoms with van der Waals surface area (Å²) in [6, 6.07) is 53.3. The molecular formula is C50H36N2O. The molecule has 1 aliphatic carbocycles. The van der Waals surface area contributed by atoms with E-state index in [0.717, 1.165) is 45.8 Å². The Morgan fingerprint density at radius 1 is 0.604 bits per heavy atom. The topological polar surface area (TPSA) is 28.4 Å². The number of anilines is 2. The van der Waals surface area contributed by atoms with E-state index < -0.39 is 0 Å². The minimum atomic E-state index is 0.452. The number of nitrogens with one attached hydrogen (secondary N) is 1. The van der Waals surface area contributed by atoms with Crippen molar-refractivity contribution in [3.05, 3.63) is 180 Å². The Morgan fingerprint density at radius 3 is 2.09 bits per heavy atom. The van der Waals surface area contributed by atoms with Crippen LogP contribution in [-0.2, 0) is 6.54 Å². The smallest absolute Gasteiger partial charge is 0.135 e. The fraction of sp³-hybridized carbons (Fsp3) is 0.0800. The summed E-state index contributed by atoms with van der Waals surface area (Å²) in [5, 5.41) is 15.0. The molecule has 1 N–H and O–H groups in total. The van der Waals surface area contributed by atoms with Crippen LogP contribution in [0.15, 0.2) is 162 Å². The van der Waals surface area contributed by atoms with Crippen molar-refractivity contribution in [1.29, 1.82) is 0 Å². The largest absolute Gasteiger partial charge is 0.458 e. The fourth-order valence-electron chi connectivity index (χ4n) is 9.09. The molecule has 0 amide bonds. The number of benzene rings is 8. The van der Waals surface area contributed by atoms with Crippen LogP contribution in [0.1, 0.15) is 41.7 Å². The van der Waals surface area contributed by atoms with E-state index in [1.165, 1.54) is 65.3 Å². The van der Waals surface area contributed by atoms with Crippen molar-refractivity contribution in [3.8, 4) is 11.1 Å². The number of hydrogen-bond acceptors (Lipinski definition) is 3. The van der Waals surface area contributed by atoms with E-state index in [0.29, 0.717) is 12.5 Å². The van der Waals surface area contributed by atoms with Gasteiger partial charge >= 0.3 is 0 Å².